The topological polar surface area (TPSA) is 99.6 Å². The number of hydrogen-bond acceptors (Lipinski definition) is 9. The van der Waals surface area contributed by atoms with Crippen LogP contribution in [0, 0.1) is 6.92 Å². The molecule has 10 heteroatoms. The Kier molecular flexibility index (Phi) is 3.83. The van der Waals surface area contributed by atoms with Crippen LogP contribution in [0.2, 0.25) is 0 Å². The van der Waals surface area contributed by atoms with Gasteiger partial charge in [0.05, 0.1) is 17.0 Å². The van der Waals surface area contributed by atoms with Crippen LogP contribution in [0.3, 0.4) is 0 Å². The van der Waals surface area contributed by atoms with Gasteiger partial charge in [0.2, 0.25) is 0 Å². The molecule has 0 atom stereocenters. The molecule has 3 heterocycles. The van der Waals surface area contributed by atoms with Crippen LogP contribution in [-0.4, -0.2) is 16.1 Å². The highest BCUT2D eigenvalue weighted by atomic mass is 32.2. The van der Waals surface area contributed by atoms with E-state index in [2.05, 4.69) is 25.7 Å². The van der Waals surface area contributed by atoms with E-state index in [9.17, 15) is 4.79 Å². The number of aliphatic carboxylic acids is 1. The van der Waals surface area contributed by atoms with E-state index in [0.29, 0.717) is 10.0 Å². The molecule has 1 N–H and O–H groups in total. The molecule has 7 nitrogen and oxygen atoms in total. The van der Waals surface area contributed by atoms with Crippen molar-refractivity contribution in [3.63, 3.8) is 0 Å². The number of aryl methyl sites for hydroxylation is 1. The van der Waals surface area contributed by atoms with Crippen molar-refractivity contribution in [1.29, 1.82) is 0 Å². The highest BCUT2D eigenvalue weighted by Crippen LogP contribution is 2.49. The van der Waals surface area contributed by atoms with Crippen LogP contribution >= 0.6 is 34.4 Å². The lowest BCUT2D eigenvalue weighted by molar-refractivity contribution is -0.136. The number of carbonyl (C=O) groups is 1. The lowest BCUT2D eigenvalue weighted by atomic mass is 10.3. The van der Waals surface area contributed by atoms with Crippen molar-refractivity contribution in [2.75, 3.05) is 0 Å². The first-order chi connectivity index (χ1) is 10.1. The van der Waals surface area contributed by atoms with Crippen LogP contribution in [0.15, 0.2) is 42.5 Å². The fourth-order valence-electron chi connectivity index (χ4n) is 1.67. The largest absolute Gasteiger partial charge is 0.481 e. The number of rotatable bonds is 5. The van der Waals surface area contributed by atoms with Gasteiger partial charge in [0.15, 0.2) is 4.34 Å². The standard InChI is InChI=1S/C11H9N5O2S3/c1-6-2-3-8(20-6)11(13-15-16-14-11)21-10-12-7(5-19-10)4-9(17)18/h2-3,5H,4H2,1H3,(H,17,18). The third kappa shape index (κ3) is 3.01. The van der Waals surface area contributed by atoms with Gasteiger partial charge in [0, 0.05) is 10.3 Å². The fourth-order valence-corrected chi connectivity index (χ4v) is 4.72. The SMILES string of the molecule is Cc1ccc(C2(Sc3nc(CC(=O)O)cs3)N=NN=N2)s1. The summed E-state index contributed by atoms with van der Waals surface area (Å²) in [6.45, 7) is 2.00. The summed E-state index contributed by atoms with van der Waals surface area (Å²) in [5.74, 6) is -0.902. The van der Waals surface area contributed by atoms with Crippen molar-refractivity contribution in [1.82, 2.24) is 4.98 Å². The van der Waals surface area contributed by atoms with E-state index in [1.165, 1.54) is 23.1 Å². The van der Waals surface area contributed by atoms with Gasteiger partial charge >= 0.3 is 5.97 Å². The zero-order chi connectivity index (χ0) is 14.9. The Balaban J connectivity index is 1.86. The van der Waals surface area contributed by atoms with Crippen molar-refractivity contribution in [2.45, 2.75) is 22.7 Å². The molecule has 21 heavy (non-hydrogen) atoms. The first-order valence-electron chi connectivity index (χ1n) is 5.83. The molecule has 0 spiro atoms. The summed E-state index contributed by atoms with van der Waals surface area (Å²) in [5, 5.41) is 26.0. The van der Waals surface area contributed by atoms with Crippen LogP contribution in [0.25, 0.3) is 0 Å². The summed E-state index contributed by atoms with van der Waals surface area (Å²) in [5.41, 5.74) is 0.527. The Morgan fingerprint density at radius 1 is 1.38 bits per heavy atom. The minimum Gasteiger partial charge on any atom is -0.481 e. The molecule has 0 fully saturated rings. The molecular weight excluding hydrogens is 330 g/mol. The quantitative estimate of drug-likeness (QED) is 0.893. The summed E-state index contributed by atoms with van der Waals surface area (Å²) < 4.78 is 0.692. The molecule has 3 rings (SSSR count). The van der Waals surface area contributed by atoms with Gasteiger partial charge in [-0.2, -0.15) is 0 Å². The van der Waals surface area contributed by atoms with Gasteiger partial charge in [-0.3, -0.25) is 4.79 Å². The van der Waals surface area contributed by atoms with Crippen molar-refractivity contribution < 1.29 is 9.90 Å². The fraction of sp³-hybridized carbons (Fsp3) is 0.273. The highest BCUT2D eigenvalue weighted by molar-refractivity contribution is 8.02. The second-order valence-electron chi connectivity index (χ2n) is 4.17. The van der Waals surface area contributed by atoms with Crippen molar-refractivity contribution in [3.05, 3.63) is 33.0 Å². The molecule has 0 radical (unpaired) electrons. The molecule has 0 bridgehead atoms. The third-order valence-electron chi connectivity index (χ3n) is 2.55. The Morgan fingerprint density at radius 2 is 2.14 bits per heavy atom. The van der Waals surface area contributed by atoms with Crippen LogP contribution < -0.4 is 0 Å². The lowest BCUT2D eigenvalue weighted by Gasteiger charge is -2.15. The Hall–Kier alpha value is -1.65. The van der Waals surface area contributed by atoms with Gasteiger partial charge in [0.25, 0.3) is 4.99 Å². The average molecular weight is 339 g/mol. The van der Waals surface area contributed by atoms with Gasteiger partial charge in [0.1, 0.15) is 0 Å². The van der Waals surface area contributed by atoms with Crippen LogP contribution in [0.1, 0.15) is 15.4 Å². The molecule has 0 aliphatic carbocycles. The van der Waals surface area contributed by atoms with Crippen LogP contribution in [-0.2, 0) is 16.2 Å². The molecule has 0 aromatic carbocycles. The first-order valence-corrected chi connectivity index (χ1v) is 8.35. The normalized spacial score (nSPS) is 15.7. The van der Waals surface area contributed by atoms with Gasteiger partial charge in [-0.05, 0) is 41.3 Å². The number of aromatic nitrogens is 1. The molecule has 0 unspecified atom stereocenters. The van der Waals surface area contributed by atoms with Gasteiger partial charge in [-0.1, -0.05) is 0 Å². The molecule has 108 valence electrons. The summed E-state index contributed by atoms with van der Waals surface area (Å²) in [4.78, 5) is 16.1. The van der Waals surface area contributed by atoms with Gasteiger partial charge in [-0.15, -0.1) is 32.9 Å². The smallest absolute Gasteiger partial charge is 0.309 e. The van der Waals surface area contributed by atoms with Crippen molar-refractivity contribution in [3.8, 4) is 0 Å². The number of nitrogens with zero attached hydrogens (tertiary/aromatic N) is 5. The second kappa shape index (κ2) is 5.62. The van der Waals surface area contributed by atoms with E-state index in [-0.39, 0.29) is 6.42 Å². The summed E-state index contributed by atoms with van der Waals surface area (Å²) in [7, 11) is 0. The summed E-state index contributed by atoms with van der Waals surface area (Å²) >= 11 is 4.26. The number of hydrogen-bond donors (Lipinski definition) is 1. The van der Waals surface area contributed by atoms with Crippen molar-refractivity contribution >= 4 is 40.4 Å². The minimum absolute atomic E-state index is 0.0921. The molecule has 0 saturated carbocycles. The number of carboxylic acid groups (broad SMARTS) is 1. The van der Waals surface area contributed by atoms with E-state index >= 15 is 0 Å². The lowest BCUT2D eigenvalue weighted by Crippen LogP contribution is -2.11. The molecule has 2 aromatic rings. The Morgan fingerprint density at radius 3 is 2.76 bits per heavy atom. The predicted molar refractivity (Wildman–Crippen MR) is 79.8 cm³/mol. The zero-order valence-electron chi connectivity index (χ0n) is 10.8. The third-order valence-corrected chi connectivity index (χ3v) is 5.94. The van der Waals surface area contributed by atoms with E-state index < -0.39 is 11.0 Å². The molecule has 0 amide bonds. The molecule has 0 saturated heterocycles. The number of thiophene rings is 1. The minimum atomic E-state index is -0.933. The second-order valence-corrected chi connectivity index (χ2v) is 7.74. The molecule has 1 aliphatic rings. The number of thioether (sulfide) groups is 1. The zero-order valence-corrected chi connectivity index (χ0v) is 13.2. The number of carboxylic acids is 1. The maximum absolute atomic E-state index is 10.7. The summed E-state index contributed by atoms with van der Waals surface area (Å²) in [6.07, 6.45) is -0.0921. The number of thiazole rings is 1. The Bertz CT molecular complexity index is 724. The van der Waals surface area contributed by atoms with E-state index in [4.69, 9.17) is 5.11 Å². The summed E-state index contributed by atoms with van der Waals surface area (Å²) in [6, 6.07) is 3.94. The average Bonchev–Trinajstić information content (AvgIpc) is 3.12. The predicted octanol–water partition coefficient (Wildman–Crippen LogP) is 3.88. The Labute approximate surface area is 131 Å². The highest BCUT2D eigenvalue weighted by Gasteiger charge is 2.39. The first kappa shape index (κ1) is 14.3. The van der Waals surface area contributed by atoms with E-state index in [1.54, 1.807) is 16.7 Å². The molecule has 1 aliphatic heterocycles. The monoisotopic (exact) mass is 339 g/mol. The van der Waals surface area contributed by atoms with Crippen LogP contribution in [0.4, 0.5) is 0 Å². The van der Waals surface area contributed by atoms with E-state index in [1.807, 2.05) is 19.1 Å². The van der Waals surface area contributed by atoms with Gasteiger partial charge in [-0.25, -0.2) is 4.98 Å². The van der Waals surface area contributed by atoms with Crippen LogP contribution in [0.5, 0.6) is 0 Å². The van der Waals surface area contributed by atoms with E-state index in [0.717, 1.165) is 9.75 Å². The maximum Gasteiger partial charge on any atom is 0.309 e. The molecular formula is C11H9N5O2S3. The molecule has 2 aromatic heterocycles. The van der Waals surface area contributed by atoms with Crippen molar-refractivity contribution in [2.24, 2.45) is 20.7 Å². The maximum atomic E-state index is 10.7. The van der Waals surface area contributed by atoms with Gasteiger partial charge < -0.3 is 5.11 Å².